The number of para-hydroxylation sites is 1. The Morgan fingerprint density at radius 3 is 2.64 bits per heavy atom. The Bertz CT molecular complexity index is 743. The molecular formula is C22H28N2O. The lowest BCUT2D eigenvalue weighted by molar-refractivity contribution is -0.0137. The van der Waals surface area contributed by atoms with E-state index in [2.05, 4.69) is 66.2 Å². The van der Waals surface area contributed by atoms with Crippen LogP contribution in [-0.4, -0.2) is 44.3 Å². The van der Waals surface area contributed by atoms with E-state index in [0.717, 1.165) is 45.5 Å². The van der Waals surface area contributed by atoms with E-state index in [9.17, 15) is 0 Å². The molecule has 1 unspecified atom stereocenters. The van der Waals surface area contributed by atoms with Gasteiger partial charge in [0, 0.05) is 24.5 Å². The van der Waals surface area contributed by atoms with E-state index < -0.39 is 0 Å². The molecule has 4 rings (SSSR count). The normalized spacial score (nSPS) is 20.7. The summed E-state index contributed by atoms with van der Waals surface area (Å²) in [7, 11) is 2.19. The highest BCUT2D eigenvalue weighted by Crippen LogP contribution is 2.37. The van der Waals surface area contributed by atoms with Crippen LogP contribution in [0.3, 0.4) is 0 Å². The Morgan fingerprint density at radius 1 is 1.04 bits per heavy atom. The fourth-order valence-electron chi connectivity index (χ4n) is 4.05. The molecule has 3 nitrogen and oxygen atoms in total. The van der Waals surface area contributed by atoms with Crippen molar-refractivity contribution in [1.29, 1.82) is 0 Å². The number of morpholine rings is 1. The fourth-order valence-corrected chi connectivity index (χ4v) is 4.05. The van der Waals surface area contributed by atoms with Crippen molar-refractivity contribution in [3.8, 4) is 0 Å². The van der Waals surface area contributed by atoms with Crippen LogP contribution in [0.25, 0.3) is 0 Å². The van der Waals surface area contributed by atoms with Crippen molar-refractivity contribution in [2.75, 3.05) is 38.2 Å². The fraction of sp³-hybridized carbons (Fsp3) is 0.455. The summed E-state index contributed by atoms with van der Waals surface area (Å²) in [4.78, 5) is 4.89. The molecular weight excluding hydrogens is 308 g/mol. The van der Waals surface area contributed by atoms with Crippen LogP contribution in [0.15, 0.2) is 42.5 Å². The van der Waals surface area contributed by atoms with Crippen LogP contribution >= 0.6 is 0 Å². The number of benzene rings is 2. The molecule has 1 saturated heterocycles. The molecule has 25 heavy (non-hydrogen) atoms. The van der Waals surface area contributed by atoms with E-state index in [4.69, 9.17) is 4.74 Å². The van der Waals surface area contributed by atoms with Crippen molar-refractivity contribution in [3.63, 3.8) is 0 Å². The Kier molecular flexibility index (Phi) is 4.78. The molecule has 0 saturated carbocycles. The molecule has 0 aromatic heterocycles. The second-order valence-corrected chi connectivity index (χ2v) is 7.31. The zero-order chi connectivity index (χ0) is 17.2. The number of aryl methyl sites for hydroxylation is 3. The predicted molar refractivity (Wildman–Crippen MR) is 104 cm³/mol. The van der Waals surface area contributed by atoms with Gasteiger partial charge >= 0.3 is 0 Å². The maximum Gasteiger partial charge on any atom is 0.0881 e. The molecule has 0 amide bonds. The van der Waals surface area contributed by atoms with Crippen molar-refractivity contribution in [2.45, 2.75) is 32.3 Å². The van der Waals surface area contributed by atoms with Gasteiger partial charge in [0.25, 0.3) is 0 Å². The first-order valence-corrected chi connectivity index (χ1v) is 9.52. The van der Waals surface area contributed by atoms with Gasteiger partial charge in [0.05, 0.1) is 19.3 Å². The van der Waals surface area contributed by atoms with Crippen molar-refractivity contribution in [1.82, 2.24) is 4.90 Å². The number of fused-ring (bicyclic) bond motifs is 2. The third kappa shape index (κ3) is 3.44. The highest BCUT2D eigenvalue weighted by molar-refractivity contribution is 5.71. The summed E-state index contributed by atoms with van der Waals surface area (Å²) in [5.74, 6) is 0. The van der Waals surface area contributed by atoms with Crippen LogP contribution in [0.2, 0.25) is 0 Å². The largest absolute Gasteiger partial charge is 0.374 e. The molecule has 2 aliphatic rings. The summed E-state index contributed by atoms with van der Waals surface area (Å²) in [6, 6.07) is 15.9. The number of hydrogen-bond donors (Lipinski definition) is 0. The van der Waals surface area contributed by atoms with Gasteiger partial charge in [0.15, 0.2) is 0 Å². The van der Waals surface area contributed by atoms with Gasteiger partial charge in [0.1, 0.15) is 0 Å². The number of rotatable bonds is 3. The molecule has 2 heterocycles. The quantitative estimate of drug-likeness (QED) is 0.847. The van der Waals surface area contributed by atoms with Crippen LogP contribution in [-0.2, 0) is 24.0 Å². The molecule has 1 fully saturated rings. The Hall–Kier alpha value is -1.84. The summed E-state index contributed by atoms with van der Waals surface area (Å²) >= 11 is 0. The molecule has 0 bridgehead atoms. The Morgan fingerprint density at radius 2 is 1.84 bits per heavy atom. The first-order valence-electron chi connectivity index (χ1n) is 9.52. The number of anilines is 2. The van der Waals surface area contributed by atoms with Gasteiger partial charge in [-0.2, -0.15) is 0 Å². The second kappa shape index (κ2) is 7.19. The summed E-state index contributed by atoms with van der Waals surface area (Å²) < 4.78 is 6.10. The van der Waals surface area contributed by atoms with Gasteiger partial charge in [-0.1, -0.05) is 37.3 Å². The molecule has 2 aromatic carbocycles. The third-order valence-electron chi connectivity index (χ3n) is 5.52. The molecule has 0 radical (unpaired) electrons. The highest BCUT2D eigenvalue weighted by atomic mass is 16.5. The first kappa shape index (κ1) is 16.6. The van der Waals surface area contributed by atoms with Crippen LogP contribution < -0.4 is 4.90 Å². The molecule has 0 spiro atoms. The van der Waals surface area contributed by atoms with Gasteiger partial charge in [-0.05, 0) is 55.1 Å². The molecule has 0 N–H and O–H groups in total. The van der Waals surface area contributed by atoms with E-state index in [-0.39, 0.29) is 6.10 Å². The minimum atomic E-state index is 0.253. The maximum atomic E-state index is 6.10. The van der Waals surface area contributed by atoms with Crippen LogP contribution in [0.1, 0.15) is 23.6 Å². The average molecular weight is 336 g/mol. The van der Waals surface area contributed by atoms with Gasteiger partial charge in [-0.3, -0.25) is 0 Å². The lowest BCUT2D eigenvalue weighted by atomic mass is 10.0. The van der Waals surface area contributed by atoms with E-state index >= 15 is 0 Å². The number of hydrogen-bond acceptors (Lipinski definition) is 3. The second-order valence-electron chi connectivity index (χ2n) is 7.31. The lowest BCUT2D eigenvalue weighted by Crippen LogP contribution is -2.45. The summed E-state index contributed by atoms with van der Waals surface area (Å²) in [6.45, 7) is 6.01. The number of ether oxygens (including phenoxy) is 1. The predicted octanol–water partition coefficient (Wildman–Crippen LogP) is 3.82. The average Bonchev–Trinajstić information content (AvgIpc) is 2.79. The summed E-state index contributed by atoms with van der Waals surface area (Å²) in [5.41, 5.74) is 7.04. The van der Waals surface area contributed by atoms with Gasteiger partial charge in [-0.25, -0.2) is 0 Å². The minimum absolute atomic E-state index is 0.253. The van der Waals surface area contributed by atoms with Crippen molar-refractivity contribution < 1.29 is 4.74 Å². The van der Waals surface area contributed by atoms with Crippen molar-refractivity contribution in [2.24, 2.45) is 0 Å². The number of nitrogens with zero attached hydrogens (tertiary/aromatic N) is 2. The van der Waals surface area contributed by atoms with Gasteiger partial charge < -0.3 is 14.5 Å². The third-order valence-corrected chi connectivity index (χ3v) is 5.52. The van der Waals surface area contributed by atoms with E-state index in [1.54, 1.807) is 0 Å². The SMILES string of the molecule is CCc1ccc2c(c1)N(CC1CN(C)CCO1)c1ccccc1CC2. The van der Waals surface area contributed by atoms with Gasteiger partial charge in [0.2, 0.25) is 0 Å². The van der Waals surface area contributed by atoms with E-state index in [0.29, 0.717) is 0 Å². The van der Waals surface area contributed by atoms with Crippen LogP contribution in [0, 0.1) is 0 Å². The van der Waals surface area contributed by atoms with E-state index in [1.807, 2.05) is 0 Å². The molecule has 2 aromatic rings. The molecule has 132 valence electrons. The first-order chi connectivity index (χ1) is 12.2. The number of likely N-dealkylation sites (N-methyl/N-ethyl adjacent to an activating group) is 1. The van der Waals surface area contributed by atoms with Gasteiger partial charge in [-0.15, -0.1) is 0 Å². The lowest BCUT2D eigenvalue weighted by Gasteiger charge is -2.35. The zero-order valence-electron chi connectivity index (χ0n) is 15.4. The van der Waals surface area contributed by atoms with Crippen molar-refractivity contribution in [3.05, 3.63) is 59.2 Å². The zero-order valence-corrected chi connectivity index (χ0v) is 15.4. The van der Waals surface area contributed by atoms with Crippen molar-refractivity contribution >= 4 is 11.4 Å². The monoisotopic (exact) mass is 336 g/mol. The maximum absolute atomic E-state index is 6.10. The smallest absolute Gasteiger partial charge is 0.0881 e. The summed E-state index contributed by atoms with van der Waals surface area (Å²) in [6.07, 6.45) is 3.54. The Labute approximate surface area is 151 Å². The van der Waals surface area contributed by atoms with Crippen LogP contribution in [0.4, 0.5) is 11.4 Å². The molecule has 1 atom stereocenters. The van der Waals surface area contributed by atoms with Crippen LogP contribution in [0.5, 0.6) is 0 Å². The van der Waals surface area contributed by atoms with E-state index in [1.165, 1.54) is 28.1 Å². The highest BCUT2D eigenvalue weighted by Gasteiger charge is 2.26. The summed E-state index contributed by atoms with van der Waals surface area (Å²) in [5, 5.41) is 0. The molecule has 3 heteroatoms. The Balaban J connectivity index is 1.74. The standard InChI is InChI=1S/C22H28N2O/c1-3-17-8-9-19-11-10-18-6-4-5-7-21(18)24(22(19)14-17)16-20-15-23(2)12-13-25-20/h4-9,14,20H,3,10-13,15-16H2,1-2H3. The minimum Gasteiger partial charge on any atom is -0.374 e. The molecule has 2 aliphatic heterocycles. The molecule has 0 aliphatic carbocycles. The topological polar surface area (TPSA) is 15.7 Å².